The van der Waals surface area contributed by atoms with Crippen LogP contribution in [0.1, 0.15) is 29.3 Å². The Bertz CT molecular complexity index is 537. The number of alkyl halides is 3. The number of aliphatic hydroxyl groups is 1. The van der Waals surface area contributed by atoms with Crippen LogP contribution in [0.25, 0.3) is 0 Å². The highest BCUT2D eigenvalue weighted by Crippen LogP contribution is 2.30. The third kappa shape index (κ3) is 3.81. The number of aromatic nitrogens is 1. The van der Waals surface area contributed by atoms with Gasteiger partial charge in [0.15, 0.2) is 0 Å². The molecule has 1 aromatic carbocycles. The lowest BCUT2D eigenvalue weighted by molar-refractivity contribution is -0.137. The van der Waals surface area contributed by atoms with Crippen LogP contribution in [0, 0.1) is 0 Å². The predicted octanol–water partition coefficient (Wildman–Crippen LogP) is 3.77. The first-order valence-corrected chi connectivity index (χ1v) is 6.22. The summed E-state index contributed by atoms with van der Waals surface area (Å²) in [4.78, 5) is 4.13. The summed E-state index contributed by atoms with van der Waals surface area (Å²) in [7, 11) is 0. The Labute approximate surface area is 114 Å². The van der Waals surface area contributed by atoms with Crippen LogP contribution >= 0.6 is 0 Å². The molecule has 106 valence electrons. The zero-order chi connectivity index (χ0) is 14.6. The van der Waals surface area contributed by atoms with Crippen molar-refractivity contribution in [3.63, 3.8) is 0 Å². The maximum absolute atomic E-state index is 12.4. The molecule has 0 spiro atoms. The minimum atomic E-state index is -4.35. The largest absolute Gasteiger partial charge is 0.416 e. The molecular weight excluding hydrogens is 267 g/mol. The molecule has 1 aromatic heterocycles. The normalized spacial score (nSPS) is 13.2. The highest BCUT2D eigenvalue weighted by atomic mass is 19.4. The van der Waals surface area contributed by atoms with Gasteiger partial charge in [0.05, 0.1) is 11.7 Å². The number of benzene rings is 1. The first-order valence-electron chi connectivity index (χ1n) is 6.22. The molecule has 0 aliphatic rings. The molecule has 0 aliphatic carbocycles. The van der Waals surface area contributed by atoms with Crippen molar-refractivity contribution in [2.24, 2.45) is 0 Å². The van der Waals surface area contributed by atoms with Crippen LogP contribution in [-0.4, -0.2) is 10.1 Å². The van der Waals surface area contributed by atoms with Gasteiger partial charge in [-0.15, -0.1) is 0 Å². The van der Waals surface area contributed by atoms with E-state index >= 15 is 0 Å². The summed E-state index contributed by atoms with van der Waals surface area (Å²) in [5.41, 5.74) is 0.616. The molecule has 1 N–H and O–H groups in total. The maximum atomic E-state index is 12.4. The number of aliphatic hydroxyl groups excluding tert-OH is 1. The molecule has 0 aliphatic heterocycles. The quantitative estimate of drug-likeness (QED) is 0.925. The van der Waals surface area contributed by atoms with Gasteiger partial charge in [-0.1, -0.05) is 18.2 Å². The van der Waals surface area contributed by atoms with Crippen LogP contribution in [0.3, 0.4) is 0 Å². The van der Waals surface area contributed by atoms with Gasteiger partial charge in [0.25, 0.3) is 0 Å². The standard InChI is InChI=1S/C15H14F3NO/c16-15(17,18)12-6-4-11(5-7-12)14(20)9-8-13-3-1-2-10-19-13/h1-7,10,14,20H,8-9H2. The van der Waals surface area contributed by atoms with Crippen molar-refractivity contribution in [2.75, 3.05) is 0 Å². The summed E-state index contributed by atoms with van der Waals surface area (Å²) >= 11 is 0. The number of aryl methyl sites for hydroxylation is 1. The molecule has 0 saturated carbocycles. The van der Waals surface area contributed by atoms with E-state index in [1.807, 2.05) is 12.1 Å². The highest BCUT2D eigenvalue weighted by Gasteiger charge is 2.30. The Morgan fingerprint density at radius 3 is 2.30 bits per heavy atom. The topological polar surface area (TPSA) is 33.1 Å². The van der Waals surface area contributed by atoms with Gasteiger partial charge in [-0.25, -0.2) is 0 Å². The number of nitrogens with zero attached hydrogens (tertiary/aromatic N) is 1. The van der Waals surface area contributed by atoms with Crippen molar-refractivity contribution >= 4 is 0 Å². The summed E-state index contributed by atoms with van der Waals surface area (Å²) < 4.78 is 37.3. The predicted molar refractivity (Wildman–Crippen MR) is 69.0 cm³/mol. The van der Waals surface area contributed by atoms with E-state index in [1.54, 1.807) is 12.3 Å². The SMILES string of the molecule is OC(CCc1ccccn1)c1ccc(C(F)(F)F)cc1. The summed E-state index contributed by atoms with van der Waals surface area (Å²) in [6.45, 7) is 0. The van der Waals surface area contributed by atoms with E-state index in [9.17, 15) is 18.3 Å². The molecule has 1 unspecified atom stereocenters. The minimum Gasteiger partial charge on any atom is -0.388 e. The molecular formula is C15H14F3NO. The first-order chi connectivity index (χ1) is 9.47. The zero-order valence-corrected chi connectivity index (χ0v) is 10.6. The third-order valence-corrected chi connectivity index (χ3v) is 3.02. The Morgan fingerprint density at radius 2 is 1.75 bits per heavy atom. The fourth-order valence-corrected chi connectivity index (χ4v) is 1.89. The van der Waals surface area contributed by atoms with Crippen molar-refractivity contribution in [3.05, 3.63) is 65.5 Å². The van der Waals surface area contributed by atoms with Crippen LogP contribution in [0.2, 0.25) is 0 Å². The van der Waals surface area contributed by atoms with Gasteiger partial charge in [0, 0.05) is 11.9 Å². The first kappa shape index (κ1) is 14.5. The number of pyridine rings is 1. The van der Waals surface area contributed by atoms with Gasteiger partial charge >= 0.3 is 6.18 Å². The van der Waals surface area contributed by atoms with Gasteiger partial charge in [0.2, 0.25) is 0 Å². The van der Waals surface area contributed by atoms with Crippen LogP contribution < -0.4 is 0 Å². The van der Waals surface area contributed by atoms with Gasteiger partial charge in [-0.2, -0.15) is 13.2 Å². The number of rotatable bonds is 4. The Morgan fingerprint density at radius 1 is 1.05 bits per heavy atom. The zero-order valence-electron chi connectivity index (χ0n) is 10.6. The lowest BCUT2D eigenvalue weighted by atomic mass is 10.0. The molecule has 1 heterocycles. The fourth-order valence-electron chi connectivity index (χ4n) is 1.89. The second-order valence-electron chi connectivity index (χ2n) is 4.50. The van der Waals surface area contributed by atoms with E-state index in [2.05, 4.69) is 4.98 Å². The molecule has 2 rings (SSSR count). The van der Waals surface area contributed by atoms with Crippen LogP contribution in [0.4, 0.5) is 13.2 Å². The molecule has 0 bridgehead atoms. The molecule has 0 fully saturated rings. The molecule has 2 aromatic rings. The fraction of sp³-hybridized carbons (Fsp3) is 0.267. The number of hydrogen-bond acceptors (Lipinski definition) is 2. The monoisotopic (exact) mass is 281 g/mol. The molecule has 1 atom stereocenters. The van der Waals surface area contributed by atoms with Crippen LogP contribution in [0.15, 0.2) is 48.7 Å². The Hall–Kier alpha value is -1.88. The maximum Gasteiger partial charge on any atom is 0.416 e. The Balaban J connectivity index is 1.97. The lowest BCUT2D eigenvalue weighted by Crippen LogP contribution is -2.06. The smallest absolute Gasteiger partial charge is 0.388 e. The van der Waals surface area contributed by atoms with Crippen molar-refractivity contribution in [3.8, 4) is 0 Å². The molecule has 2 nitrogen and oxygen atoms in total. The highest BCUT2D eigenvalue weighted by molar-refractivity contribution is 5.26. The molecule has 20 heavy (non-hydrogen) atoms. The van der Waals surface area contributed by atoms with Crippen LogP contribution in [0.5, 0.6) is 0 Å². The van der Waals surface area contributed by atoms with E-state index in [0.717, 1.165) is 17.8 Å². The number of hydrogen-bond donors (Lipinski definition) is 1. The second kappa shape index (κ2) is 6.05. The Kier molecular flexibility index (Phi) is 4.39. The van der Waals surface area contributed by atoms with E-state index in [4.69, 9.17) is 0 Å². The summed E-state index contributed by atoms with van der Waals surface area (Å²) in [6.07, 6.45) is -2.48. The minimum absolute atomic E-state index is 0.419. The van der Waals surface area contributed by atoms with E-state index in [-0.39, 0.29) is 0 Å². The van der Waals surface area contributed by atoms with Crippen molar-refractivity contribution in [1.82, 2.24) is 4.98 Å². The van der Waals surface area contributed by atoms with Crippen molar-refractivity contribution in [1.29, 1.82) is 0 Å². The summed E-state index contributed by atoms with van der Waals surface area (Å²) in [6, 6.07) is 10.1. The molecule has 0 saturated heterocycles. The lowest BCUT2D eigenvalue weighted by Gasteiger charge is -2.12. The van der Waals surface area contributed by atoms with Crippen molar-refractivity contribution in [2.45, 2.75) is 25.1 Å². The van der Waals surface area contributed by atoms with E-state index in [1.165, 1.54) is 12.1 Å². The molecule has 0 amide bonds. The summed E-state index contributed by atoms with van der Waals surface area (Å²) in [5, 5.41) is 9.97. The summed E-state index contributed by atoms with van der Waals surface area (Å²) in [5.74, 6) is 0. The molecule has 5 heteroatoms. The molecule has 0 radical (unpaired) electrons. The van der Waals surface area contributed by atoms with Gasteiger partial charge in [-0.3, -0.25) is 4.98 Å². The van der Waals surface area contributed by atoms with Gasteiger partial charge < -0.3 is 5.11 Å². The number of halogens is 3. The third-order valence-electron chi connectivity index (χ3n) is 3.02. The van der Waals surface area contributed by atoms with E-state index < -0.39 is 17.8 Å². The van der Waals surface area contributed by atoms with Gasteiger partial charge in [0.1, 0.15) is 0 Å². The van der Waals surface area contributed by atoms with Gasteiger partial charge in [-0.05, 0) is 42.7 Å². The average Bonchev–Trinajstić information content (AvgIpc) is 2.45. The second-order valence-corrected chi connectivity index (χ2v) is 4.50. The van der Waals surface area contributed by atoms with E-state index in [0.29, 0.717) is 18.4 Å². The average molecular weight is 281 g/mol. The van der Waals surface area contributed by atoms with Crippen molar-refractivity contribution < 1.29 is 18.3 Å². The van der Waals surface area contributed by atoms with Crippen LogP contribution in [-0.2, 0) is 12.6 Å².